The normalized spacial score (nSPS) is 15.9. The summed E-state index contributed by atoms with van der Waals surface area (Å²) < 4.78 is 78.8. The van der Waals surface area contributed by atoms with Gasteiger partial charge in [-0.25, -0.2) is 0 Å². The summed E-state index contributed by atoms with van der Waals surface area (Å²) >= 11 is 0. The number of rotatable bonds is 9. The van der Waals surface area contributed by atoms with Crippen LogP contribution in [0, 0.1) is 5.92 Å². The fourth-order valence-electron chi connectivity index (χ4n) is 7.42. The van der Waals surface area contributed by atoms with E-state index in [1.807, 2.05) is 39.1 Å². The van der Waals surface area contributed by atoms with Crippen molar-refractivity contribution in [2.24, 2.45) is 5.92 Å². The summed E-state index contributed by atoms with van der Waals surface area (Å²) in [5.41, 5.74) is 2.33. The van der Waals surface area contributed by atoms with Gasteiger partial charge in [-0.1, -0.05) is 45.5 Å². The highest BCUT2D eigenvalue weighted by Crippen LogP contribution is 2.37. The van der Waals surface area contributed by atoms with E-state index in [0.717, 1.165) is 92.9 Å². The molecule has 3 aromatic heterocycles. The summed E-state index contributed by atoms with van der Waals surface area (Å²) in [5.74, 6) is -1.14. The molecular formula is C47H54F6N6O2. The number of likely N-dealkylation sites (tertiary alicyclic amines) is 2. The number of hydrogen-bond donors (Lipinski definition) is 0. The van der Waals surface area contributed by atoms with Crippen LogP contribution in [0.2, 0.25) is 0 Å². The van der Waals surface area contributed by atoms with Crippen LogP contribution in [0.1, 0.15) is 98.0 Å². The van der Waals surface area contributed by atoms with E-state index < -0.39 is 35.2 Å². The largest absolute Gasteiger partial charge is 0.416 e. The maximum Gasteiger partial charge on any atom is 0.416 e. The Morgan fingerprint density at radius 3 is 1.77 bits per heavy atom. The van der Waals surface area contributed by atoms with E-state index >= 15 is 0 Å². The molecule has 5 aromatic rings. The minimum absolute atomic E-state index is 0. The van der Waals surface area contributed by atoms with Gasteiger partial charge < -0.3 is 9.80 Å². The number of hydrogen-bond acceptors (Lipinski definition) is 8. The third-order valence-corrected chi connectivity index (χ3v) is 10.9. The molecule has 2 aliphatic heterocycles. The van der Waals surface area contributed by atoms with E-state index in [0.29, 0.717) is 22.7 Å². The summed E-state index contributed by atoms with van der Waals surface area (Å²) in [5, 5.41) is 8.81. The number of nitrogens with zero attached hydrogens (tertiary/aromatic N) is 6. The fourth-order valence-corrected chi connectivity index (χ4v) is 7.42. The van der Waals surface area contributed by atoms with Gasteiger partial charge in [0, 0.05) is 59.7 Å². The summed E-state index contributed by atoms with van der Waals surface area (Å²) in [6, 6.07) is 18.5. The summed E-state index contributed by atoms with van der Waals surface area (Å²) in [7, 11) is 4.10. The molecule has 14 heteroatoms. The second-order valence-electron chi connectivity index (χ2n) is 14.9. The number of halogens is 6. The molecule has 0 saturated carbocycles. The summed E-state index contributed by atoms with van der Waals surface area (Å²) in [4.78, 5) is 38.4. The average molecular weight is 849 g/mol. The number of aromatic nitrogens is 4. The van der Waals surface area contributed by atoms with Gasteiger partial charge in [0.25, 0.3) is 0 Å². The Bertz CT molecular complexity index is 2150. The molecule has 2 aliphatic rings. The monoisotopic (exact) mass is 848 g/mol. The van der Waals surface area contributed by atoms with Gasteiger partial charge in [-0.15, -0.1) is 5.10 Å². The molecule has 0 amide bonds. The van der Waals surface area contributed by atoms with Crippen molar-refractivity contribution >= 4 is 11.6 Å². The molecule has 8 nitrogen and oxygen atoms in total. The van der Waals surface area contributed by atoms with Gasteiger partial charge in [0.2, 0.25) is 0 Å². The first-order valence-electron chi connectivity index (χ1n) is 20.1. The van der Waals surface area contributed by atoms with Gasteiger partial charge in [0.15, 0.2) is 5.78 Å². The molecule has 2 saturated heterocycles. The fraction of sp³-hybridized carbons (Fsp3) is 0.404. The topological polar surface area (TPSA) is 92.2 Å². The maximum absolute atomic E-state index is 13.2. The smallest absolute Gasteiger partial charge is 0.306 e. The van der Waals surface area contributed by atoms with Gasteiger partial charge in [-0.3, -0.25) is 19.6 Å². The lowest BCUT2D eigenvalue weighted by Gasteiger charge is -2.29. The van der Waals surface area contributed by atoms with Crippen LogP contribution in [-0.2, 0) is 17.1 Å². The van der Waals surface area contributed by atoms with Crippen LogP contribution < -0.4 is 0 Å². The average Bonchev–Trinajstić information content (AvgIpc) is 3.26. The number of ketones is 2. The molecule has 2 aromatic carbocycles. The first-order chi connectivity index (χ1) is 28.7. The zero-order valence-electron chi connectivity index (χ0n) is 34.2. The lowest BCUT2D eigenvalue weighted by Crippen LogP contribution is -2.34. The quantitative estimate of drug-likeness (QED) is 0.107. The number of carbonyl (C=O) groups excluding carboxylic acids is 2. The van der Waals surface area contributed by atoms with E-state index in [1.54, 1.807) is 30.6 Å². The van der Waals surface area contributed by atoms with Crippen LogP contribution in [0.25, 0.3) is 22.4 Å². The second-order valence-corrected chi connectivity index (χ2v) is 14.9. The van der Waals surface area contributed by atoms with E-state index in [2.05, 4.69) is 37.0 Å². The van der Waals surface area contributed by atoms with E-state index in [1.165, 1.54) is 30.6 Å². The van der Waals surface area contributed by atoms with Crippen molar-refractivity contribution in [1.82, 2.24) is 30.0 Å². The molecule has 5 heterocycles. The lowest BCUT2D eigenvalue weighted by molar-refractivity contribution is -0.138. The molecule has 0 bridgehead atoms. The molecule has 0 radical (unpaired) electrons. The lowest BCUT2D eigenvalue weighted by atomic mass is 9.82. The number of piperidine rings is 2. The zero-order valence-corrected chi connectivity index (χ0v) is 34.2. The number of Topliss-reactive ketones (excluding diaryl/α,β-unsaturated/α-hetero) is 2. The summed E-state index contributed by atoms with van der Waals surface area (Å²) in [6.45, 7) is 7.62. The standard InChI is InChI=1S/C22H21F3N4.C22H23F3N2O2.C2H6.CH4/c1-29-11-7-16(8-12-29)20-14-19(15-5-9-26-10-6-15)21(28-27-20)17-3-2-4-18(13-17)22(23,24)25;1-27-11-7-16(8-12-27)20(28)14-19(15-5-9-26-10-6-15)21(29)17-3-2-4-18(13-17)22(23,24)25;1-2;/h2-6,9-10,13-14,16H,7-8,11-12H2,1H3;2-6,9-10,13,16,19H,7-8,11-12,14H2,1H3;1-2H3;1H4. The van der Waals surface area contributed by atoms with E-state index in [4.69, 9.17) is 0 Å². The predicted molar refractivity (Wildman–Crippen MR) is 226 cm³/mol. The molecule has 326 valence electrons. The van der Waals surface area contributed by atoms with Crippen molar-refractivity contribution in [3.05, 3.63) is 132 Å². The molecule has 0 spiro atoms. The molecule has 61 heavy (non-hydrogen) atoms. The van der Waals surface area contributed by atoms with Gasteiger partial charge in [0.05, 0.1) is 22.7 Å². The van der Waals surface area contributed by atoms with E-state index in [9.17, 15) is 35.9 Å². The summed E-state index contributed by atoms with van der Waals surface area (Å²) in [6.07, 6.45) is 0.847. The predicted octanol–water partition coefficient (Wildman–Crippen LogP) is 11.1. The van der Waals surface area contributed by atoms with Crippen molar-refractivity contribution in [3.63, 3.8) is 0 Å². The van der Waals surface area contributed by atoms with Crippen molar-refractivity contribution in [2.75, 3.05) is 40.3 Å². The first-order valence-corrected chi connectivity index (χ1v) is 20.1. The van der Waals surface area contributed by atoms with Gasteiger partial charge in [-0.2, -0.15) is 31.4 Å². The SMILES string of the molecule is C.CC.CN1CCC(C(=O)CC(C(=O)c2cccc(C(F)(F)F)c2)c2ccncc2)CC1.CN1CCC(c2cc(-c3ccncc3)c(-c3cccc(C(F)(F)F)c3)nn2)CC1. The van der Waals surface area contributed by atoms with Gasteiger partial charge in [0.1, 0.15) is 11.5 Å². The van der Waals surface area contributed by atoms with Crippen LogP contribution in [0.15, 0.2) is 104 Å². The number of benzene rings is 2. The molecule has 1 unspecified atom stereocenters. The molecule has 2 fully saturated rings. The van der Waals surface area contributed by atoms with Crippen LogP contribution >= 0.6 is 0 Å². The third kappa shape index (κ3) is 13.1. The minimum Gasteiger partial charge on any atom is -0.306 e. The second kappa shape index (κ2) is 22.0. The minimum atomic E-state index is -4.54. The highest BCUT2D eigenvalue weighted by atomic mass is 19.4. The van der Waals surface area contributed by atoms with Gasteiger partial charge in [-0.05, 0) is 132 Å². The van der Waals surface area contributed by atoms with Crippen molar-refractivity contribution in [3.8, 4) is 22.4 Å². The highest BCUT2D eigenvalue weighted by molar-refractivity contribution is 6.03. The number of carbonyl (C=O) groups is 2. The Labute approximate surface area is 354 Å². The molecular weight excluding hydrogens is 795 g/mol. The van der Waals surface area contributed by atoms with Crippen molar-refractivity contribution in [2.45, 2.75) is 77.6 Å². The number of pyridine rings is 2. The maximum atomic E-state index is 13.2. The molecule has 7 rings (SSSR count). The van der Waals surface area contributed by atoms with Crippen LogP contribution in [0.5, 0.6) is 0 Å². The Morgan fingerprint density at radius 2 is 1.20 bits per heavy atom. The Balaban J connectivity index is 0.000000254. The van der Waals surface area contributed by atoms with Crippen molar-refractivity contribution in [1.29, 1.82) is 0 Å². The zero-order chi connectivity index (χ0) is 43.5. The Kier molecular flexibility index (Phi) is 17.4. The molecule has 1 atom stereocenters. The number of alkyl halides is 6. The molecule has 0 N–H and O–H groups in total. The van der Waals surface area contributed by atoms with Gasteiger partial charge >= 0.3 is 12.4 Å². The highest BCUT2D eigenvalue weighted by Gasteiger charge is 2.34. The first kappa shape index (κ1) is 48.3. The Morgan fingerprint density at radius 1 is 0.672 bits per heavy atom. The van der Waals surface area contributed by atoms with E-state index in [-0.39, 0.29) is 31.1 Å². The Hall–Kier alpha value is -5.34. The van der Waals surface area contributed by atoms with Crippen molar-refractivity contribution < 1.29 is 35.9 Å². The third-order valence-electron chi connectivity index (χ3n) is 10.9. The molecule has 0 aliphatic carbocycles. The van der Waals surface area contributed by atoms with Crippen LogP contribution in [0.3, 0.4) is 0 Å². The van der Waals surface area contributed by atoms with Crippen LogP contribution in [-0.4, -0.2) is 81.8 Å². The van der Waals surface area contributed by atoms with Crippen LogP contribution in [0.4, 0.5) is 26.3 Å².